The molecule has 0 spiro atoms. The number of benzene rings is 1. The molecule has 3 rings (SSSR count). The van der Waals surface area contributed by atoms with Crippen LogP contribution >= 0.6 is 0 Å². The third kappa shape index (κ3) is 3.85. The Bertz CT molecular complexity index is 724. The topological polar surface area (TPSA) is 73.6 Å². The lowest BCUT2D eigenvalue weighted by atomic mass is 10.1. The maximum atomic E-state index is 11.8. The summed E-state index contributed by atoms with van der Waals surface area (Å²) < 4.78 is 12.8. The monoisotopic (exact) mass is 344 g/mol. The Morgan fingerprint density at radius 1 is 1.32 bits per heavy atom. The van der Waals surface area contributed by atoms with Crippen molar-refractivity contribution in [3.63, 3.8) is 0 Å². The maximum absolute atomic E-state index is 11.8. The van der Waals surface area contributed by atoms with Crippen LogP contribution in [0.25, 0.3) is 11.1 Å². The minimum absolute atomic E-state index is 0.0478. The highest BCUT2D eigenvalue weighted by Crippen LogP contribution is 2.31. The average molecular weight is 344 g/mol. The first kappa shape index (κ1) is 17.5. The van der Waals surface area contributed by atoms with Gasteiger partial charge in [0.2, 0.25) is 0 Å². The van der Waals surface area contributed by atoms with Gasteiger partial charge in [-0.05, 0) is 43.9 Å². The fraction of sp³-hybridized carbons (Fsp3) is 0.474. The van der Waals surface area contributed by atoms with E-state index in [9.17, 15) is 9.90 Å². The number of nitrogens with zero attached hydrogens (tertiary/aromatic N) is 2. The van der Waals surface area contributed by atoms with E-state index in [0.29, 0.717) is 13.0 Å². The molecule has 2 aromatic rings. The van der Waals surface area contributed by atoms with Gasteiger partial charge in [0.1, 0.15) is 5.75 Å². The van der Waals surface area contributed by atoms with E-state index in [0.717, 1.165) is 35.4 Å². The van der Waals surface area contributed by atoms with Crippen LogP contribution in [0.2, 0.25) is 0 Å². The van der Waals surface area contributed by atoms with Crippen molar-refractivity contribution in [3.8, 4) is 16.9 Å². The summed E-state index contributed by atoms with van der Waals surface area (Å²) in [6.45, 7) is 2.20. The molecule has 0 amide bonds. The first-order chi connectivity index (χ1) is 12.1. The Morgan fingerprint density at radius 2 is 2.08 bits per heavy atom. The van der Waals surface area contributed by atoms with Gasteiger partial charge in [-0.1, -0.05) is 12.1 Å². The van der Waals surface area contributed by atoms with Gasteiger partial charge in [-0.15, -0.1) is 0 Å². The zero-order valence-electron chi connectivity index (χ0n) is 14.6. The molecule has 1 heterocycles. The van der Waals surface area contributed by atoms with E-state index in [2.05, 4.69) is 5.10 Å². The highest BCUT2D eigenvalue weighted by molar-refractivity contribution is 5.72. The minimum atomic E-state index is -0.114. The van der Waals surface area contributed by atoms with Crippen LogP contribution in [0.15, 0.2) is 30.5 Å². The minimum Gasteiger partial charge on any atom is -0.490 e. The molecule has 25 heavy (non-hydrogen) atoms. The van der Waals surface area contributed by atoms with E-state index in [4.69, 9.17) is 9.47 Å². The molecule has 0 unspecified atom stereocenters. The van der Waals surface area contributed by atoms with Crippen molar-refractivity contribution >= 4 is 5.97 Å². The van der Waals surface area contributed by atoms with Crippen LogP contribution < -0.4 is 4.74 Å². The van der Waals surface area contributed by atoms with E-state index in [1.165, 1.54) is 0 Å². The van der Waals surface area contributed by atoms with E-state index >= 15 is 0 Å². The smallest absolute Gasteiger partial charge is 0.309 e. The molecule has 0 aliphatic heterocycles. The first-order valence-electron chi connectivity index (χ1n) is 8.67. The van der Waals surface area contributed by atoms with Crippen molar-refractivity contribution in [1.82, 2.24) is 9.78 Å². The maximum Gasteiger partial charge on any atom is 0.309 e. The van der Waals surface area contributed by atoms with Gasteiger partial charge < -0.3 is 14.6 Å². The zero-order chi connectivity index (χ0) is 17.8. The van der Waals surface area contributed by atoms with Gasteiger partial charge in [-0.2, -0.15) is 5.10 Å². The van der Waals surface area contributed by atoms with Crippen LogP contribution in [-0.2, 0) is 23.2 Å². The first-order valence-corrected chi connectivity index (χ1v) is 8.67. The van der Waals surface area contributed by atoms with Crippen molar-refractivity contribution in [2.24, 2.45) is 13.0 Å². The van der Waals surface area contributed by atoms with Gasteiger partial charge in [0.05, 0.1) is 37.1 Å². The molecule has 1 aliphatic rings. The molecule has 1 aromatic carbocycles. The molecule has 2 atom stereocenters. The molecule has 134 valence electrons. The van der Waals surface area contributed by atoms with Crippen molar-refractivity contribution in [2.45, 2.75) is 38.9 Å². The molecule has 0 saturated heterocycles. The second-order valence-electron chi connectivity index (χ2n) is 6.31. The molecule has 1 N–H and O–H groups in total. The summed E-state index contributed by atoms with van der Waals surface area (Å²) in [5, 5.41) is 13.7. The number of aromatic nitrogens is 2. The number of hydrogen-bond donors (Lipinski definition) is 1. The number of carbonyl (C=O) groups is 1. The van der Waals surface area contributed by atoms with Crippen LogP contribution in [0.4, 0.5) is 0 Å². The van der Waals surface area contributed by atoms with Crippen molar-refractivity contribution < 1.29 is 19.4 Å². The molecule has 1 aliphatic carbocycles. The molecule has 1 saturated carbocycles. The summed E-state index contributed by atoms with van der Waals surface area (Å²) in [5.41, 5.74) is 2.68. The lowest BCUT2D eigenvalue weighted by Gasteiger charge is -2.14. The fourth-order valence-corrected chi connectivity index (χ4v) is 3.32. The Morgan fingerprint density at radius 3 is 2.76 bits per heavy atom. The quantitative estimate of drug-likeness (QED) is 0.816. The summed E-state index contributed by atoms with van der Waals surface area (Å²) in [6, 6.07) is 7.76. The molecule has 0 bridgehead atoms. The van der Waals surface area contributed by atoms with Gasteiger partial charge in [0, 0.05) is 12.6 Å². The van der Waals surface area contributed by atoms with E-state index in [-0.39, 0.29) is 24.6 Å². The summed E-state index contributed by atoms with van der Waals surface area (Å²) in [4.78, 5) is 11.8. The normalized spacial score (nSPS) is 19.8. The SMILES string of the molecule is CCOC(=O)[C@@H]1CC[C@@H](Oc2ccc(-c3cnn(C)c3CO)cc2)C1. The fourth-order valence-electron chi connectivity index (χ4n) is 3.32. The number of carbonyl (C=O) groups excluding carboxylic acids is 1. The van der Waals surface area contributed by atoms with E-state index in [1.54, 1.807) is 10.9 Å². The number of hydrogen-bond acceptors (Lipinski definition) is 5. The van der Waals surface area contributed by atoms with Crippen LogP contribution in [-0.4, -0.2) is 33.6 Å². The van der Waals surface area contributed by atoms with Crippen molar-refractivity contribution in [3.05, 3.63) is 36.2 Å². The van der Waals surface area contributed by atoms with Gasteiger partial charge in [0.15, 0.2) is 0 Å². The summed E-state index contributed by atoms with van der Waals surface area (Å²) in [5.74, 6) is 0.622. The molecule has 1 fully saturated rings. The van der Waals surface area contributed by atoms with Crippen molar-refractivity contribution in [1.29, 1.82) is 0 Å². The highest BCUT2D eigenvalue weighted by atomic mass is 16.5. The van der Waals surface area contributed by atoms with Gasteiger partial charge >= 0.3 is 5.97 Å². The molecule has 1 aromatic heterocycles. The Balaban J connectivity index is 1.63. The predicted molar refractivity (Wildman–Crippen MR) is 93.0 cm³/mol. The molecule has 0 radical (unpaired) electrons. The largest absolute Gasteiger partial charge is 0.490 e. The van der Waals surface area contributed by atoms with Crippen molar-refractivity contribution in [2.75, 3.05) is 6.61 Å². The lowest BCUT2D eigenvalue weighted by molar-refractivity contribution is -0.147. The Hall–Kier alpha value is -2.34. The molecular formula is C19H24N2O4. The Labute approximate surface area is 147 Å². The average Bonchev–Trinajstić information content (AvgIpc) is 3.22. The number of aliphatic hydroxyl groups is 1. The van der Waals surface area contributed by atoms with Crippen LogP contribution in [0, 0.1) is 5.92 Å². The lowest BCUT2D eigenvalue weighted by Crippen LogP contribution is -2.18. The van der Waals surface area contributed by atoms with Crippen LogP contribution in [0.1, 0.15) is 31.9 Å². The standard InChI is InChI=1S/C19H24N2O4/c1-3-24-19(23)14-6-9-16(10-14)25-15-7-4-13(5-8-15)17-11-20-21(2)18(17)12-22/h4-5,7-8,11,14,16,22H,3,6,9-10,12H2,1-2H3/t14-,16-/m1/s1. The number of aryl methyl sites for hydroxylation is 1. The highest BCUT2D eigenvalue weighted by Gasteiger charge is 2.32. The van der Waals surface area contributed by atoms with Crippen LogP contribution in [0.3, 0.4) is 0 Å². The van der Waals surface area contributed by atoms with E-state index < -0.39 is 0 Å². The van der Waals surface area contributed by atoms with Gasteiger partial charge in [-0.3, -0.25) is 9.48 Å². The number of rotatable bonds is 6. The zero-order valence-corrected chi connectivity index (χ0v) is 14.6. The second-order valence-corrected chi connectivity index (χ2v) is 6.31. The number of esters is 1. The molecular weight excluding hydrogens is 320 g/mol. The molecule has 6 nitrogen and oxygen atoms in total. The third-order valence-electron chi connectivity index (χ3n) is 4.68. The summed E-state index contributed by atoms with van der Waals surface area (Å²) in [7, 11) is 1.81. The summed E-state index contributed by atoms with van der Waals surface area (Å²) >= 11 is 0. The number of aliphatic hydroxyl groups excluding tert-OH is 1. The number of ether oxygens (including phenoxy) is 2. The second kappa shape index (κ2) is 7.70. The van der Waals surface area contributed by atoms with E-state index in [1.807, 2.05) is 38.2 Å². The Kier molecular flexibility index (Phi) is 5.38. The predicted octanol–water partition coefficient (Wildman–Crippen LogP) is 2.69. The molecule has 6 heteroatoms. The van der Waals surface area contributed by atoms with Crippen LogP contribution in [0.5, 0.6) is 5.75 Å². The van der Waals surface area contributed by atoms with Gasteiger partial charge in [-0.25, -0.2) is 0 Å². The van der Waals surface area contributed by atoms with Gasteiger partial charge in [0.25, 0.3) is 0 Å². The summed E-state index contributed by atoms with van der Waals surface area (Å²) in [6.07, 6.45) is 4.19. The third-order valence-corrected chi connectivity index (χ3v) is 4.68.